The average molecular weight is 342 g/mol. The van der Waals surface area contributed by atoms with Gasteiger partial charge in [0.1, 0.15) is 6.07 Å². The third-order valence-electron chi connectivity index (χ3n) is 4.54. The summed E-state index contributed by atoms with van der Waals surface area (Å²) >= 11 is 0. The highest BCUT2D eigenvalue weighted by molar-refractivity contribution is 5.62. The first-order valence-electron chi connectivity index (χ1n) is 8.19. The number of aliphatic hydroxyl groups excluding tert-OH is 1. The Hall–Kier alpha value is -2.50. The zero-order valence-electron chi connectivity index (χ0n) is 14.9. The van der Waals surface area contributed by atoms with Gasteiger partial charge in [-0.1, -0.05) is 0 Å². The molecule has 0 saturated carbocycles. The summed E-state index contributed by atoms with van der Waals surface area (Å²) in [4.78, 5) is 8.41. The molecule has 1 aliphatic heterocycles. The second-order valence-electron chi connectivity index (χ2n) is 6.52. The number of hydrogen-bond acceptors (Lipinski definition) is 8. The SMILES string of the molecule is Cc1cc(N2C[C@@H](O)[C@H](N(C)Cc3nnc(C)o3)C2)c(C#N)c(C)n1. The maximum atomic E-state index is 10.5. The molecule has 8 heteroatoms. The lowest BCUT2D eigenvalue weighted by Crippen LogP contribution is -2.40. The highest BCUT2D eigenvalue weighted by Gasteiger charge is 2.36. The van der Waals surface area contributed by atoms with Crippen LogP contribution in [0.2, 0.25) is 0 Å². The van der Waals surface area contributed by atoms with Gasteiger partial charge in [0.25, 0.3) is 0 Å². The Kier molecular flexibility index (Phi) is 4.70. The molecule has 0 aliphatic carbocycles. The molecule has 0 aromatic carbocycles. The van der Waals surface area contributed by atoms with Crippen molar-refractivity contribution in [3.8, 4) is 6.07 Å². The minimum absolute atomic E-state index is 0.0903. The van der Waals surface area contributed by atoms with E-state index in [0.717, 1.165) is 11.4 Å². The van der Waals surface area contributed by atoms with E-state index in [2.05, 4.69) is 21.3 Å². The van der Waals surface area contributed by atoms with Crippen molar-refractivity contribution in [2.24, 2.45) is 0 Å². The molecule has 3 heterocycles. The van der Waals surface area contributed by atoms with Crippen molar-refractivity contribution in [1.29, 1.82) is 5.26 Å². The maximum Gasteiger partial charge on any atom is 0.230 e. The fraction of sp³-hybridized carbons (Fsp3) is 0.529. The molecule has 2 aromatic rings. The second kappa shape index (κ2) is 6.78. The smallest absolute Gasteiger partial charge is 0.230 e. The van der Waals surface area contributed by atoms with Crippen molar-refractivity contribution >= 4 is 5.69 Å². The first kappa shape index (κ1) is 17.3. The van der Waals surface area contributed by atoms with Crippen LogP contribution in [0.4, 0.5) is 5.69 Å². The molecule has 1 aliphatic rings. The largest absolute Gasteiger partial charge is 0.424 e. The van der Waals surface area contributed by atoms with Gasteiger partial charge in [-0.2, -0.15) is 5.26 Å². The van der Waals surface area contributed by atoms with E-state index in [0.29, 0.717) is 42.7 Å². The normalized spacial score (nSPS) is 20.3. The molecular formula is C17H22N6O2. The Bertz CT molecular complexity index is 812. The molecule has 8 nitrogen and oxygen atoms in total. The van der Waals surface area contributed by atoms with E-state index in [1.807, 2.05) is 36.8 Å². The molecule has 2 aromatic heterocycles. The quantitative estimate of drug-likeness (QED) is 0.876. The van der Waals surface area contributed by atoms with Crippen LogP contribution in [0.5, 0.6) is 0 Å². The summed E-state index contributed by atoms with van der Waals surface area (Å²) in [5, 5.41) is 27.8. The van der Waals surface area contributed by atoms with E-state index >= 15 is 0 Å². The van der Waals surface area contributed by atoms with E-state index in [4.69, 9.17) is 4.42 Å². The number of aryl methyl sites for hydroxylation is 3. The van der Waals surface area contributed by atoms with Gasteiger partial charge in [-0.3, -0.25) is 9.88 Å². The Balaban J connectivity index is 1.78. The molecule has 1 N–H and O–H groups in total. The number of nitriles is 1. The number of hydrogen-bond donors (Lipinski definition) is 1. The number of pyridine rings is 1. The fourth-order valence-electron chi connectivity index (χ4n) is 3.33. The third kappa shape index (κ3) is 3.48. The summed E-state index contributed by atoms with van der Waals surface area (Å²) in [6.07, 6.45) is -0.533. The van der Waals surface area contributed by atoms with Crippen molar-refractivity contribution in [2.45, 2.75) is 39.5 Å². The number of β-amino-alcohol motifs (C(OH)–C–C–N with tert-alkyl or cyclic N) is 1. The summed E-state index contributed by atoms with van der Waals surface area (Å²) in [6, 6.07) is 4.05. The van der Waals surface area contributed by atoms with Gasteiger partial charge in [-0.15, -0.1) is 10.2 Å². The Morgan fingerprint density at radius 2 is 2.12 bits per heavy atom. The van der Waals surface area contributed by atoms with Gasteiger partial charge in [-0.25, -0.2) is 0 Å². The predicted octanol–water partition coefficient (Wildman–Crippen LogP) is 0.943. The first-order valence-corrected chi connectivity index (χ1v) is 8.19. The van der Waals surface area contributed by atoms with Crippen LogP contribution < -0.4 is 4.90 Å². The van der Waals surface area contributed by atoms with Gasteiger partial charge < -0.3 is 14.4 Å². The Morgan fingerprint density at radius 1 is 1.36 bits per heavy atom. The average Bonchev–Trinajstić information content (AvgIpc) is 3.12. The van der Waals surface area contributed by atoms with Crippen molar-refractivity contribution in [3.05, 3.63) is 34.8 Å². The highest BCUT2D eigenvalue weighted by Crippen LogP contribution is 2.28. The van der Waals surface area contributed by atoms with Gasteiger partial charge in [-0.05, 0) is 27.0 Å². The standard InChI is InChI=1S/C17H22N6O2/c1-10-5-14(13(6-18)11(2)19-10)23-7-15(16(24)8-23)22(4)9-17-21-20-12(3)25-17/h5,15-16,24H,7-9H2,1-4H3/t15-,16-/m1/s1. The van der Waals surface area contributed by atoms with Crippen LogP contribution in [0.1, 0.15) is 28.7 Å². The van der Waals surface area contributed by atoms with Crippen molar-refractivity contribution in [1.82, 2.24) is 20.1 Å². The zero-order chi connectivity index (χ0) is 18.1. The van der Waals surface area contributed by atoms with E-state index in [1.54, 1.807) is 6.92 Å². The van der Waals surface area contributed by atoms with Gasteiger partial charge in [0.05, 0.1) is 35.6 Å². The second-order valence-corrected chi connectivity index (χ2v) is 6.52. The summed E-state index contributed by atoms with van der Waals surface area (Å²) in [5.74, 6) is 1.05. The molecule has 2 atom stereocenters. The van der Waals surface area contributed by atoms with E-state index in [-0.39, 0.29) is 6.04 Å². The predicted molar refractivity (Wildman–Crippen MR) is 90.9 cm³/mol. The summed E-state index contributed by atoms with van der Waals surface area (Å²) in [5.41, 5.74) is 2.97. The van der Waals surface area contributed by atoms with Crippen LogP contribution in [-0.2, 0) is 6.54 Å². The Morgan fingerprint density at radius 3 is 2.76 bits per heavy atom. The molecule has 3 rings (SSSR count). The number of aliphatic hydroxyl groups is 1. The molecule has 25 heavy (non-hydrogen) atoms. The molecule has 0 unspecified atom stereocenters. The van der Waals surface area contributed by atoms with Crippen LogP contribution >= 0.6 is 0 Å². The van der Waals surface area contributed by atoms with Crippen molar-refractivity contribution < 1.29 is 9.52 Å². The van der Waals surface area contributed by atoms with E-state index in [1.165, 1.54) is 0 Å². The number of aromatic nitrogens is 3. The summed E-state index contributed by atoms with van der Waals surface area (Å²) in [7, 11) is 1.92. The maximum absolute atomic E-state index is 10.5. The third-order valence-corrected chi connectivity index (χ3v) is 4.54. The monoisotopic (exact) mass is 342 g/mol. The van der Waals surface area contributed by atoms with E-state index < -0.39 is 6.10 Å². The Labute approximate surface area is 146 Å². The number of rotatable bonds is 4. The van der Waals surface area contributed by atoms with Gasteiger partial charge in [0.2, 0.25) is 11.8 Å². The first-order chi connectivity index (χ1) is 11.9. The highest BCUT2D eigenvalue weighted by atomic mass is 16.4. The van der Waals surface area contributed by atoms with Crippen LogP contribution in [0.25, 0.3) is 0 Å². The molecule has 0 amide bonds. The minimum Gasteiger partial charge on any atom is -0.424 e. The van der Waals surface area contributed by atoms with Crippen LogP contribution in [0.15, 0.2) is 10.5 Å². The molecular weight excluding hydrogens is 320 g/mol. The van der Waals surface area contributed by atoms with Crippen molar-refractivity contribution in [2.75, 3.05) is 25.0 Å². The zero-order valence-corrected chi connectivity index (χ0v) is 14.9. The van der Waals surface area contributed by atoms with E-state index in [9.17, 15) is 10.4 Å². The lowest BCUT2D eigenvalue weighted by molar-refractivity contribution is 0.0903. The van der Waals surface area contributed by atoms with Gasteiger partial charge in [0.15, 0.2) is 0 Å². The minimum atomic E-state index is -0.533. The molecule has 1 saturated heterocycles. The van der Waals surface area contributed by atoms with Crippen LogP contribution in [-0.4, -0.2) is 57.5 Å². The van der Waals surface area contributed by atoms with Gasteiger partial charge >= 0.3 is 0 Å². The van der Waals surface area contributed by atoms with Crippen molar-refractivity contribution in [3.63, 3.8) is 0 Å². The summed E-state index contributed by atoms with van der Waals surface area (Å²) < 4.78 is 5.42. The molecule has 132 valence electrons. The summed E-state index contributed by atoms with van der Waals surface area (Å²) in [6.45, 7) is 7.04. The van der Waals surface area contributed by atoms with Gasteiger partial charge in [0, 0.05) is 25.7 Å². The number of anilines is 1. The topological polar surface area (TPSA) is 102 Å². The lowest BCUT2D eigenvalue weighted by Gasteiger charge is -2.25. The molecule has 1 fully saturated rings. The number of likely N-dealkylation sites (N-methyl/N-ethyl adjacent to an activating group) is 1. The van der Waals surface area contributed by atoms with Crippen LogP contribution in [0.3, 0.4) is 0 Å². The molecule has 0 bridgehead atoms. The van der Waals surface area contributed by atoms with Crippen LogP contribution in [0, 0.1) is 32.1 Å². The molecule has 0 radical (unpaired) electrons. The lowest BCUT2D eigenvalue weighted by atomic mass is 10.1. The number of nitrogens with zero attached hydrogens (tertiary/aromatic N) is 6. The molecule has 0 spiro atoms. The fourth-order valence-corrected chi connectivity index (χ4v) is 3.33.